The third-order valence-electron chi connectivity index (χ3n) is 2.76. The molecule has 0 aliphatic rings. The van der Waals surface area contributed by atoms with Crippen LogP contribution in [0.2, 0.25) is 0 Å². The number of H-pyrrole nitrogens is 1. The molecule has 0 bridgehead atoms. The van der Waals surface area contributed by atoms with Crippen LogP contribution in [-0.4, -0.2) is 9.78 Å². The Morgan fingerprint density at radius 3 is 2.56 bits per heavy atom. The first-order valence-electron chi connectivity index (χ1n) is 5.75. The van der Waals surface area contributed by atoms with Crippen molar-refractivity contribution < 1.29 is 0 Å². The Kier molecular flexibility index (Phi) is 3.10. The molecule has 3 nitrogen and oxygen atoms in total. The first-order valence-corrected chi connectivity index (χ1v) is 6.16. The van der Waals surface area contributed by atoms with E-state index < -0.39 is 0 Å². The highest BCUT2D eigenvalue weighted by atomic mass is 32.1. The van der Waals surface area contributed by atoms with Gasteiger partial charge in [0.2, 0.25) is 0 Å². The van der Waals surface area contributed by atoms with E-state index in [2.05, 4.69) is 31.9 Å². The predicted octanol–water partition coefficient (Wildman–Crippen LogP) is 3.70. The van der Waals surface area contributed by atoms with E-state index in [1.54, 1.807) is 6.07 Å². The highest BCUT2D eigenvalue weighted by Crippen LogP contribution is 2.22. The Bertz CT molecular complexity index is 665. The predicted molar refractivity (Wildman–Crippen MR) is 74.4 cm³/mol. The topological polar surface area (TPSA) is 44.5 Å². The molecule has 0 aliphatic heterocycles. The molecule has 1 aromatic heterocycles. The van der Waals surface area contributed by atoms with E-state index in [1.165, 1.54) is 0 Å². The van der Waals surface area contributed by atoms with Gasteiger partial charge in [-0.15, -0.1) is 0 Å². The van der Waals surface area contributed by atoms with Gasteiger partial charge in [0.15, 0.2) is 0 Å². The van der Waals surface area contributed by atoms with E-state index in [1.807, 2.05) is 28.9 Å². The number of nitrogens with one attached hydrogen (secondary N) is 1. The summed E-state index contributed by atoms with van der Waals surface area (Å²) in [4.78, 5) is 0. The largest absolute Gasteiger partial charge is 0.296 e. The molecule has 2 aromatic rings. The fraction of sp³-hybridized carbons (Fsp3) is 0.286. The fourth-order valence-electron chi connectivity index (χ4n) is 1.69. The van der Waals surface area contributed by atoms with Crippen LogP contribution in [0.1, 0.15) is 32.0 Å². The fourth-order valence-corrected chi connectivity index (χ4v) is 1.96. The number of nitriles is 1. The normalized spacial score (nSPS) is 11.2. The Balaban J connectivity index is 2.55. The summed E-state index contributed by atoms with van der Waals surface area (Å²) in [6.45, 7) is 6.39. The van der Waals surface area contributed by atoms with Gasteiger partial charge < -0.3 is 0 Å². The zero-order valence-electron chi connectivity index (χ0n) is 10.7. The zero-order valence-corrected chi connectivity index (χ0v) is 11.5. The molecule has 0 saturated carbocycles. The summed E-state index contributed by atoms with van der Waals surface area (Å²) in [7, 11) is 0. The van der Waals surface area contributed by atoms with Crippen molar-refractivity contribution in [1.29, 1.82) is 5.26 Å². The lowest BCUT2D eigenvalue weighted by atomic mass is 9.93. The number of aromatic nitrogens is 2. The molecule has 92 valence electrons. The van der Waals surface area contributed by atoms with Crippen molar-refractivity contribution in [3.05, 3.63) is 46.2 Å². The smallest absolute Gasteiger partial charge is 0.127 e. The summed E-state index contributed by atoms with van der Waals surface area (Å²) < 4.78 is 2.55. The van der Waals surface area contributed by atoms with Gasteiger partial charge in [-0.3, -0.25) is 5.10 Å². The molecule has 1 N–H and O–H groups in total. The molecule has 4 heteroatoms. The van der Waals surface area contributed by atoms with E-state index >= 15 is 0 Å². The van der Waals surface area contributed by atoms with Gasteiger partial charge >= 0.3 is 0 Å². The van der Waals surface area contributed by atoms with Crippen LogP contribution >= 0.6 is 12.2 Å². The minimum Gasteiger partial charge on any atom is -0.296 e. The highest BCUT2D eigenvalue weighted by Gasteiger charge is 2.16. The van der Waals surface area contributed by atoms with Crippen molar-refractivity contribution in [1.82, 2.24) is 9.78 Å². The summed E-state index contributed by atoms with van der Waals surface area (Å²) in [5.74, 6) is 0. The van der Waals surface area contributed by atoms with Crippen LogP contribution < -0.4 is 0 Å². The maximum Gasteiger partial charge on any atom is 0.127 e. The van der Waals surface area contributed by atoms with Crippen LogP contribution in [0.5, 0.6) is 0 Å². The van der Waals surface area contributed by atoms with Gasteiger partial charge in [0, 0.05) is 11.1 Å². The molecule has 1 heterocycles. The Morgan fingerprint density at radius 1 is 1.28 bits per heavy atom. The summed E-state index contributed by atoms with van der Waals surface area (Å²) in [5, 5.41) is 12.2. The van der Waals surface area contributed by atoms with E-state index in [-0.39, 0.29) is 5.41 Å². The van der Waals surface area contributed by atoms with Crippen LogP contribution in [0.15, 0.2) is 30.3 Å². The number of aromatic amines is 1. The summed E-state index contributed by atoms with van der Waals surface area (Å²) in [5.41, 5.74) is 2.61. The van der Waals surface area contributed by atoms with Gasteiger partial charge in [0.1, 0.15) is 4.64 Å². The van der Waals surface area contributed by atoms with E-state index in [9.17, 15) is 0 Å². The molecule has 2 rings (SSSR count). The minimum atomic E-state index is 0.0195. The van der Waals surface area contributed by atoms with Crippen molar-refractivity contribution in [2.24, 2.45) is 0 Å². The molecule has 0 radical (unpaired) electrons. The second-order valence-corrected chi connectivity index (χ2v) is 5.67. The number of benzene rings is 1. The molecule has 0 atom stereocenters. The van der Waals surface area contributed by atoms with Crippen LogP contribution in [0.4, 0.5) is 0 Å². The number of hydrogen-bond donors (Lipinski definition) is 1. The Labute approximate surface area is 112 Å². The van der Waals surface area contributed by atoms with E-state index in [0.717, 1.165) is 16.0 Å². The maximum absolute atomic E-state index is 8.92. The summed E-state index contributed by atoms with van der Waals surface area (Å²) in [6, 6.07) is 11.5. The molecule has 0 aliphatic carbocycles. The highest BCUT2D eigenvalue weighted by molar-refractivity contribution is 7.71. The van der Waals surface area contributed by atoms with Crippen molar-refractivity contribution in [2.45, 2.75) is 26.2 Å². The lowest BCUT2D eigenvalue weighted by molar-refractivity contribution is 0.560. The van der Waals surface area contributed by atoms with Crippen molar-refractivity contribution in [2.75, 3.05) is 0 Å². The number of nitrogens with zero attached hydrogens (tertiary/aromatic N) is 2. The average Bonchev–Trinajstić information content (AvgIpc) is 2.71. The Hall–Kier alpha value is -1.86. The summed E-state index contributed by atoms with van der Waals surface area (Å²) >= 11 is 5.35. The SMILES string of the molecule is CC(C)(C)c1cc(=S)n(-c2cccc(C#N)c2)[nH]1. The molecular weight excluding hydrogens is 242 g/mol. The maximum atomic E-state index is 8.92. The second-order valence-electron chi connectivity index (χ2n) is 5.26. The lowest BCUT2D eigenvalue weighted by Crippen LogP contribution is -2.12. The van der Waals surface area contributed by atoms with Crippen molar-refractivity contribution in [3.8, 4) is 11.8 Å². The van der Waals surface area contributed by atoms with Crippen molar-refractivity contribution in [3.63, 3.8) is 0 Å². The molecule has 0 amide bonds. The first kappa shape index (κ1) is 12.6. The Morgan fingerprint density at radius 2 is 2.00 bits per heavy atom. The van der Waals surface area contributed by atoms with Crippen molar-refractivity contribution >= 4 is 12.2 Å². The van der Waals surface area contributed by atoms with Gasteiger partial charge in [0.25, 0.3) is 0 Å². The molecule has 0 fully saturated rings. The van der Waals surface area contributed by atoms with Gasteiger partial charge in [-0.25, -0.2) is 4.68 Å². The molecule has 18 heavy (non-hydrogen) atoms. The monoisotopic (exact) mass is 257 g/mol. The van der Waals surface area contributed by atoms with E-state index in [0.29, 0.717) is 5.56 Å². The average molecular weight is 257 g/mol. The van der Waals surface area contributed by atoms with Crippen LogP contribution in [0.25, 0.3) is 5.69 Å². The summed E-state index contributed by atoms with van der Waals surface area (Å²) in [6.07, 6.45) is 0. The minimum absolute atomic E-state index is 0.0195. The molecule has 0 saturated heterocycles. The third-order valence-corrected chi connectivity index (χ3v) is 3.06. The van der Waals surface area contributed by atoms with Gasteiger partial charge in [0.05, 0.1) is 17.3 Å². The molecular formula is C14H15N3S. The van der Waals surface area contributed by atoms with Crippen LogP contribution in [-0.2, 0) is 5.41 Å². The second kappa shape index (κ2) is 4.43. The van der Waals surface area contributed by atoms with Gasteiger partial charge in [-0.2, -0.15) is 5.26 Å². The quantitative estimate of drug-likeness (QED) is 0.792. The molecule has 0 spiro atoms. The number of hydrogen-bond acceptors (Lipinski definition) is 2. The molecule has 0 unspecified atom stereocenters. The number of rotatable bonds is 1. The standard InChI is InChI=1S/C14H15N3S/c1-14(2,3)12-8-13(18)17(16-12)11-6-4-5-10(7-11)9-15/h4-8,16H,1-3H3. The third kappa shape index (κ3) is 2.36. The van der Waals surface area contributed by atoms with Crippen LogP contribution in [0, 0.1) is 16.0 Å². The van der Waals surface area contributed by atoms with Gasteiger partial charge in [-0.1, -0.05) is 39.1 Å². The van der Waals surface area contributed by atoms with E-state index in [4.69, 9.17) is 17.5 Å². The first-order chi connectivity index (χ1) is 8.41. The van der Waals surface area contributed by atoms with Gasteiger partial charge in [-0.05, 0) is 24.3 Å². The molecule has 1 aromatic carbocycles. The lowest BCUT2D eigenvalue weighted by Gasteiger charge is -2.15. The zero-order chi connectivity index (χ0) is 13.3. The van der Waals surface area contributed by atoms with Crippen LogP contribution in [0.3, 0.4) is 0 Å².